The van der Waals surface area contributed by atoms with Crippen molar-refractivity contribution in [2.75, 3.05) is 18.5 Å². The van der Waals surface area contributed by atoms with Crippen molar-refractivity contribution < 1.29 is 9.66 Å². The van der Waals surface area contributed by atoms with E-state index in [4.69, 9.17) is 4.74 Å². The predicted octanol–water partition coefficient (Wildman–Crippen LogP) is 0.794. The van der Waals surface area contributed by atoms with Gasteiger partial charge in [0.15, 0.2) is 11.6 Å². The Morgan fingerprint density at radius 1 is 1.69 bits per heavy atom. The largest absolute Gasteiger partial charge is 0.488 e. The Balaban J connectivity index is 2.40. The molecule has 2 rings (SSSR count). The van der Waals surface area contributed by atoms with Crippen molar-refractivity contribution in [2.45, 2.75) is 0 Å². The number of aromatic nitrogens is 1. The van der Waals surface area contributed by atoms with Crippen molar-refractivity contribution >= 4 is 11.5 Å². The van der Waals surface area contributed by atoms with Gasteiger partial charge in [0.05, 0.1) is 17.5 Å². The molecule has 6 heteroatoms. The summed E-state index contributed by atoms with van der Waals surface area (Å²) in [4.78, 5) is 13.7. The monoisotopic (exact) mass is 181 g/mol. The quantitative estimate of drug-likeness (QED) is 0.512. The highest BCUT2D eigenvalue weighted by Gasteiger charge is 2.15. The number of rotatable bonds is 1. The van der Waals surface area contributed by atoms with E-state index >= 15 is 0 Å². The van der Waals surface area contributed by atoms with Crippen LogP contribution >= 0.6 is 0 Å². The van der Waals surface area contributed by atoms with Gasteiger partial charge in [-0.25, -0.2) is 4.98 Å². The summed E-state index contributed by atoms with van der Waals surface area (Å²) < 4.78 is 5.18. The third-order valence-electron chi connectivity index (χ3n) is 1.70. The van der Waals surface area contributed by atoms with E-state index in [1.54, 1.807) is 0 Å². The number of anilines is 1. The van der Waals surface area contributed by atoms with Crippen LogP contribution in [0, 0.1) is 10.1 Å². The third-order valence-corrected chi connectivity index (χ3v) is 1.70. The van der Waals surface area contributed by atoms with Crippen LogP contribution < -0.4 is 10.1 Å². The summed E-state index contributed by atoms with van der Waals surface area (Å²) in [5.74, 6) is 1.01. The number of nitrogens with one attached hydrogen (secondary N) is 1. The van der Waals surface area contributed by atoms with Gasteiger partial charge in [0, 0.05) is 0 Å². The van der Waals surface area contributed by atoms with Crippen LogP contribution in [0.3, 0.4) is 0 Å². The number of fused-ring (bicyclic) bond motifs is 1. The molecule has 0 bridgehead atoms. The van der Waals surface area contributed by atoms with Crippen molar-refractivity contribution in [1.82, 2.24) is 4.98 Å². The summed E-state index contributed by atoms with van der Waals surface area (Å²) in [6.07, 6.45) is 1.21. The highest BCUT2D eigenvalue weighted by molar-refractivity contribution is 5.55. The molecule has 0 fully saturated rings. The molecule has 0 aliphatic carbocycles. The molecule has 68 valence electrons. The number of pyridine rings is 1. The van der Waals surface area contributed by atoms with E-state index in [0.717, 1.165) is 0 Å². The molecule has 1 aliphatic heterocycles. The number of nitrogens with zero attached hydrogens (tertiary/aromatic N) is 2. The Morgan fingerprint density at radius 2 is 2.54 bits per heavy atom. The third kappa shape index (κ3) is 1.37. The Labute approximate surface area is 73.7 Å². The standard InChI is InChI=1S/C7H7N3O3/c11-10(12)5-3-6-7(9-4-5)8-1-2-13-6/h3-4H,1-2H2,(H,8,9). The molecule has 13 heavy (non-hydrogen) atoms. The molecule has 0 saturated carbocycles. The summed E-state index contributed by atoms with van der Waals surface area (Å²) in [6, 6.07) is 1.37. The smallest absolute Gasteiger partial charge is 0.291 e. The SMILES string of the molecule is O=[N+]([O-])c1cnc2c(c1)OCCN2. The molecule has 0 radical (unpaired) electrons. The van der Waals surface area contributed by atoms with Crippen LogP contribution in [-0.2, 0) is 0 Å². The Morgan fingerprint density at radius 3 is 3.31 bits per heavy atom. The molecule has 0 aromatic carbocycles. The first kappa shape index (κ1) is 7.78. The first-order valence-electron chi connectivity index (χ1n) is 3.78. The molecule has 2 heterocycles. The van der Waals surface area contributed by atoms with Gasteiger partial charge in [-0.15, -0.1) is 0 Å². The van der Waals surface area contributed by atoms with Crippen molar-refractivity contribution in [3.05, 3.63) is 22.4 Å². The lowest BCUT2D eigenvalue weighted by molar-refractivity contribution is -0.385. The second-order valence-corrected chi connectivity index (χ2v) is 2.57. The van der Waals surface area contributed by atoms with Gasteiger partial charge < -0.3 is 10.1 Å². The number of hydrogen-bond acceptors (Lipinski definition) is 5. The number of ether oxygens (including phenoxy) is 1. The van der Waals surface area contributed by atoms with Gasteiger partial charge >= 0.3 is 0 Å². The second-order valence-electron chi connectivity index (χ2n) is 2.57. The molecule has 6 nitrogen and oxygen atoms in total. The van der Waals surface area contributed by atoms with Crippen molar-refractivity contribution in [3.8, 4) is 5.75 Å². The highest BCUT2D eigenvalue weighted by Crippen LogP contribution is 2.28. The molecule has 0 saturated heterocycles. The number of nitro groups is 1. The van der Waals surface area contributed by atoms with Crippen molar-refractivity contribution in [1.29, 1.82) is 0 Å². The van der Waals surface area contributed by atoms with Crippen LogP contribution in [0.25, 0.3) is 0 Å². The van der Waals surface area contributed by atoms with E-state index in [-0.39, 0.29) is 5.69 Å². The summed E-state index contributed by atoms with van der Waals surface area (Å²) in [5.41, 5.74) is -0.0533. The molecule has 0 spiro atoms. The van der Waals surface area contributed by atoms with Crippen LogP contribution in [0.2, 0.25) is 0 Å². The van der Waals surface area contributed by atoms with Gasteiger partial charge in [-0.2, -0.15) is 0 Å². The Hall–Kier alpha value is -1.85. The predicted molar refractivity (Wildman–Crippen MR) is 44.9 cm³/mol. The number of hydrogen-bond donors (Lipinski definition) is 1. The average Bonchev–Trinajstić information content (AvgIpc) is 2.17. The van der Waals surface area contributed by atoms with Crippen molar-refractivity contribution in [2.24, 2.45) is 0 Å². The summed E-state index contributed by atoms with van der Waals surface area (Å²) in [6.45, 7) is 1.19. The summed E-state index contributed by atoms with van der Waals surface area (Å²) in [7, 11) is 0. The fourth-order valence-corrected chi connectivity index (χ4v) is 1.11. The lowest BCUT2D eigenvalue weighted by Gasteiger charge is -2.16. The minimum absolute atomic E-state index is 0.0533. The van der Waals surface area contributed by atoms with E-state index in [1.165, 1.54) is 12.3 Å². The minimum atomic E-state index is -0.495. The summed E-state index contributed by atoms with van der Waals surface area (Å²) >= 11 is 0. The lowest BCUT2D eigenvalue weighted by atomic mass is 10.3. The molecular formula is C7H7N3O3. The first-order chi connectivity index (χ1) is 6.27. The Bertz CT molecular complexity index is 353. The van der Waals surface area contributed by atoms with Gasteiger partial charge in [0.25, 0.3) is 5.69 Å². The Kier molecular flexibility index (Phi) is 1.73. The molecule has 1 aliphatic rings. The molecule has 1 N–H and O–H groups in total. The van der Waals surface area contributed by atoms with Gasteiger partial charge in [0.2, 0.25) is 0 Å². The van der Waals surface area contributed by atoms with Gasteiger partial charge in [0.1, 0.15) is 12.8 Å². The van der Waals surface area contributed by atoms with E-state index < -0.39 is 4.92 Å². The van der Waals surface area contributed by atoms with Crippen LogP contribution in [0.15, 0.2) is 12.3 Å². The summed E-state index contributed by atoms with van der Waals surface area (Å²) in [5, 5.41) is 13.3. The first-order valence-corrected chi connectivity index (χ1v) is 3.78. The molecule has 0 amide bonds. The zero-order chi connectivity index (χ0) is 9.26. The van der Waals surface area contributed by atoms with Gasteiger partial charge in [-0.1, -0.05) is 0 Å². The highest BCUT2D eigenvalue weighted by atomic mass is 16.6. The van der Waals surface area contributed by atoms with Gasteiger partial charge in [-0.3, -0.25) is 10.1 Å². The minimum Gasteiger partial charge on any atom is -0.488 e. The topological polar surface area (TPSA) is 77.3 Å². The zero-order valence-corrected chi connectivity index (χ0v) is 6.69. The molecular weight excluding hydrogens is 174 g/mol. The van der Waals surface area contributed by atoms with Crippen LogP contribution in [-0.4, -0.2) is 23.1 Å². The maximum Gasteiger partial charge on any atom is 0.291 e. The zero-order valence-electron chi connectivity index (χ0n) is 6.69. The van der Waals surface area contributed by atoms with E-state index in [1.807, 2.05) is 0 Å². The van der Waals surface area contributed by atoms with Crippen LogP contribution in [0.5, 0.6) is 5.75 Å². The van der Waals surface area contributed by atoms with E-state index in [0.29, 0.717) is 24.7 Å². The van der Waals surface area contributed by atoms with Crippen LogP contribution in [0.1, 0.15) is 0 Å². The van der Waals surface area contributed by atoms with E-state index in [2.05, 4.69) is 10.3 Å². The maximum atomic E-state index is 10.4. The fourth-order valence-electron chi connectivity index (χ4n) is 1.11. The molecule has 1 aromatic rings. The average molecular weight is 181 g/mol. The molecule has 0 atom stereocenters. The normalized spacial score (nSPS) is 13.8. The molecule has 0 unspecified atom stereocenters. The fraction of sp³-hybridized carbons (Fsp3) is 0.286. The second kappa shape index (κ2) is 2.89. The maximum absolute atomic E-state index is 10.4. The van der Waals surface area contributed by atoms with Crippen LogP contribution in [0.4, 0.5) is 11.5 Å². The van der Waals surface area contributed by atoms with Crippen molar-refractivity contribution in [3.63, 3.8) is 0 Å². The van der Waals surface area contributed by atoms with Gasteiger partial charge in [-0.05, 0) is 0 Å². The van der Waals surface area contributed by atoms with E-state index in [9.17, 15) is 10.1 Å². The molecule has 1 aromatic heterocycles. The lowest BCUT2D eigenvalue weighted by Crippen LogP contribution is -2.19.